The van der Waals surface area contributed by atoms with E-state index in [-0.39, 0.29) is 94.6 Å². The highest BCUT2D eigenvalue weighted by molar-refractivity contribution is 9.10. The molecule has 4 atom stereocenters. The molecule has 95 heavy (non-hydrogen) atoms. The fourth-order valence-corrected chi connectivity index (χ4v) is 14.6. The first-order valence-corrected chi connectivity index (χ1v) is 33.9. The number of nitrogens with two attached hydrogens (primary N) is 2. The van der Waals surface area contributed by atoms with Crippen LogP contribution in [0.1, 0.15) is 118 Å². The molecule has 11 heterocycles. The minimum absolute atomic E-state index is 0.0304. The van der Waals surface area contributed by atoms with Gasteiger partial charge in [0.2, 0.25) is 32.3 Å². The van der Waals surface area contributed by atoms with Gasteiger partial charge in [-0.1, -0.05) is 82.5 Å². The third kappa shape index (κ3) is 19.9. The number of halogens is 7. The average molecular weight is 1460 g/mol. The molecule has 8 aromatic rings. The van der Waals surface area contributed by atoms with Gasteiger partial charge in [0.1, 0.15) is 42.1 Å². The fraction of sp³-hybridized carbons (Fsp3) is 0.458. The van der Waals surface area contributed by atoms with Crippen LogP contribution in [0.4, 0.5) is 64.3 Å². The summed E-state index contributed by atoms with van der Waals surface area (Å²) in [7, 11) is 2.66. The number of hydrogen-bond donors (Lipinski definition) is 4. The van der Waals surface area contributed by atoms with E-state index in [0.29, 0.717) is 72.6 Å². The van der Waals surface area contributed by atoms with E-state index < -0.39 is 23.7 Å². The second-order valence-electron chi connectivity index (χ2n) is 23.0. The number of pyridine rings is 4. The molecule has 0 unspecified atom stereocenters. The maximum absolute atomic E-state index is 13.2. The van der Waals surface area contributed by atoms with Crippen molar-refractivity contribution in [3.05, 3.63) is 120 Å². The van der Waals surface area contributed by atoms with Gasteiger partial charge in [0.05, 0.1) is 102 Å². The Bertz CT molecular complexity index is 3770. The van der Waals surface area contributed by atoms with Crippen LogP contribution in [0.25, 0.3) is 0 Å². The molecule has 36 heteroatoms. The summed E-state index contributed by atoms with van der Waals surface area (Å²) >= 11 is 8.83. The van der Waals surface area contributed by atoms with Crippen LogP contribution in [0.5, 0.6) is 0 Å². The lowest BCUT2D eigenvalue weighted by Crippen LogP contribution is -2.56. The van der Waals surface area contributed by atoms with Gasteiger partial charge >= 0.3 is 11.9 Å². The number of alkyl halides is 6. The zero-order valence-corrected chi connectivity index (χ0v) is 55.9. The molecule has 6 N–H and O–H groups in total. The lowest BCUT2D eigenvalue weighted by Gasteiger charge is -2.39. The molecule has 0 bridgehead atoms. The van der Waals surface area contributed by atoms with Crippen molar-refractivity contribution in [2.24, 2.45) is 0 Å². The van der Waals surface area contributed by atoms with Gasteiger partial charge < -0.3 is 46.3 Å². The Balaban J connectivity index is 0.000000169. The van der Waals surface area contributed by atoms with E-state index in [2.05, 4.69) is 96.8 Å². The summed E-state index contributed by atoms with van der Waals surface area (Å²) in [5.74, 6) is -6.95. The van der Waals surface area contributed by atoms with Crippen molar-refractivity contribution in [2.75, 3.05) is 90.3 Å². The molecule has 3 saturated heterocycles. The smallest absolute Gasteiger partial charge is 0.311 e. The second kappa shape index (κ2) is 31.1. The van der Waals surface area contributed by atoms with E-state index in [4.69, 9.17) is 11.5 Å². The molecule has 2 amide bonds. The SMILES string of the molecule is COC(=O)Cc1cccc(Br)n1.COC(=O)Cc1cccc(N2CC(F)(F)C2)n1.Nc1nnc([C@H]2CCC[C@H](c3nnc(N)s3)C2)s1.O=C(Cc1cccc(N2CC(F)(F)C2)n1)Nc1nnc([C@H]2CCC[C@H](c3nnc(NC(=O)Cc4cccc(N5CC(F)(F)C5)n4)s3)C2)s1. The van der Waals surface area contributed by atoms with Crippen LogP contribution in [0, 0.1) is 0 Å². The Morgan fingerprint density at radius 2 is 0.789 bits per heavy atom. The number of carbonyl (C=O) groups is 4. The topological polar surface area (TPSA) is 327 Å². The summed E-state index contributed by atoms with van der Waals surface area (Å²) in [5, 5.41) is 44.2. The summed E-state index contributed by atoms with van der Waals surface area (Å²) < 4.78 is 88.1. The molecule has 13 rings (SSSR count). The number of amides is 2. The van der Waals surface area contributed by atoms with Crippen molar-refractivity contribution in [3.8, 4) is 0 Å². The summed E-state index contributed by atoms with van der Waals surface area (Å²) in [4.78, 5) is 68.6. The fourth-order valence-electron chi connectivity index (χ4n) is 10.9. The number of anilines is 7. The first kappa shape index (κ1) is 69.6. The van der Waals surface area contributed by atoms with Gasteiger partial charge in [0.25, 0.3) is 17.8 Å². The standard InChI is InChI=1S/C30H30F4N10O2S2.C11H12F2N2O2.C10H14N6S2.C8H8BrNO2/c31-29(32)13-43(14-29)21-8-2-6-19(35-21)11-23(45)37-27-41-39-25(47-27)17-4-1-5-18(10-17)26-40-42-28(48-26)38-24(46)12-20-7-3-9-22(36-20)44-15-30(33,34)16-44;1-17-10(16)5-8-3-2-4-9(14-8)15-6-11(12,13)7-15;11-9-15-13-7(17-9)5-2-1-3-6(4-5)8-14-16-10(12)18-8;1-12-8(11)5-6-3-2-4-7(9)10-6/h2-3,6-9,17-18H,1,4-5,10-16H2,(H,37,41,45)(H,38,42,46);2-4H,5-7H2,1H3;5-6H,1-4H2,(H2,11,15)(H2,12,16);2-4H,5H2,1H3/t17-,18-;;5-,6-;/m0.0./s1. The van der Waals surface area contributed by atoms with E-state index >= 15 is 0 Å². The van der Waals surface area contributed by atoms with Crippen LogP contribution < -0.4 is 36.8 Å². The van der Waals surface area contributed by atoms with Crippen molar-refractivity contribution in [1.82, 2.24) is 60.7 Å². The van der Waals surface area contributed by atoms with Gasteiger partial charge in [-0.15, -0.1) is 40.8 Å². The predicted octanol–water partition coefficient (Wildman–Crippen LogP) is 9.70. The average Bonchev–Trinajstić information content (AvgIpc) is 1.70. The Morgan fingerprint density at radius 1 is 0.474 bits per heavy atom. The van der Waals surface area contributed by atoms with Crippen LogP contribution in [0.3, 0.4) is 0 Å². The van der Waals surface area contributed by atoms with E-state index in [1.807, 2.05) is 6.07 Å². The number of rotatable bonds is 17. The van der Waals surface area contributed by atoms with Gasteiger partial charge in [-0.3, -0.25) is 19.2 Å². The predicted molar refractivity (Wildman–Crippen MR) is 349 cm³/mol. The van der Waals surface area contributed by atoms with Crippen LogP contribution in [0.15, 0.2) is 77.4 Å². The third-order valence-electron chi connectivity index (χ3n) is 15.5. The highest BCUT2D eigenvalue weighted by Crippen LogP contribution is 2.45. The zero-order valence-electron chi connectivity index (χ0n) is 51.1. The van der Waals surface area contributed by atoms with Crippen LogP contribution in [0.2, 0.25) is 0 Å². The number of nitrogens with zero attached hydrogens (tertiary/aromatic N) is 15. The molecule has 5 aliphatic rings. The van der Waals surface area contributed by atoms with Crippen LogP contribution in [-0.2, 0) is 54.3 Å². The van der Waals surface area contributed by atoms with E-state index in [1.54, 1.807) is 66.7 Å². The van der Waals surface area contributed by atoms with Crippen molar-refractivity contribution < 1.29 is 55.0 Å². The van der Waals surface area contributed by atoms with Gasteiger partial charge in [-0.2, -0.15) is 0 Å². The van der Waals surface area contributed by atoms with Gasteiger partial charge in [0.15, 0.2) is 0 Å². The Labute approximate surface area is 564 Å². The maximum Gasteiger partial charge on any atom is 0.311 e. The van der Waals surface area contributed by atoms with E-state index in [9.17, 15) is 45.5 Å². The molecule has 3 aliphatic heterocycles. The number of esters is 2. The van der Waals surface area contributed by atoms with E-state index in [1.165, 1.54) is 80.7 Å². The van der Waals surface area contributed by atoms with Crippen molar-refractivity contribution in [1.29, 1.82) is 0 Å². The first-order valence-electron chi connectivity index (χ1n) is 29.9. The molecule has 8 aromatic heterocycles. The highest BCUT2D eigenvalue weighted by atomic mass is 79.9. The quantitative estimate of drug-likeness (QED) is 0.0374. The maximum atomic E-state index is 13.2. The molecule has 25 nitrogen and oxygen atoms in total. The Hall–Kier alpha value is -8.22. The van der Waals surface area contributed by atoms with E-state index in [0.717, 1.165) is 69.6 Å². The first-order chi connectivity index (χ1) is 45.4. The summed E-state index contributed by atoms with van der Waals surface area (Å²) in [6, 6.07) is 20.5. The lowest BCUT2D eigenvalue weighted by molar-refractivity contribution is -0.140. The monoisotopic (exact) mass is 1460 g/mol. The molecular weight excluding hydrogens is 1390 g/mol. The number of nitrogens with one attached hydrogen (secondary N) is 2. The van der Waals surface area contributed by atoms with Crippen molar-refractivity contribution in [3.63, 3.8) is 0 Å². The number of methoxy groups -OCH3 is 2. The van der Waals surface area contributed by atoms with Crippen molar-refractivity contribution in [2.45, 2.75) is 118 Å². The molecule has 5 fully saturated rings. The third-order valence-corrected chi connectivity index (χ3v) is 19.7. The van der Waals surface area contributed by atoms with Gasteiger partial charge in [-0.05, 0) is 103 Å². The number of hydrogen-bond acceptors (Lipinski definition) is 27. The number of nitrogen functional groups attached to an aromatic ring is 2. The largest absolute Gasteiger partial charge is 0.469 e. The Morgan fingerprint density at radius 3 is 1.11 bits per heavy atom. The van der Waals surface area contributed by atoms with Crippen LogP contribution in [-0.4, -0.2) is 156 Å². The minimum Gasteiger partial charge on any atom is -0.469 e. The normalized spacial score (nSPS) is 19.7. The number of carbonyl (C=O) groups excluding carboxylic acids is 4. The summed E-state index contributed by atoms with van der Waals surface area (Å²) in [5.41, 5.74) is 13.4. The Kier molecular flexibility index (Phi) is 22.8. The number of ether oxygens (including phenoxy) is 2. The molecule has 0 spiro atoms. The van der Waals surface area contributed by atoms with Crippen molar-refractivity contribution >= 4 is 123 Å². The zero-order chi connectivity index (χ0) is 67.4. The highest BCUT2D eigenvalue weighted by Gasteiger charge is 2.46. The second-order valence-corrected chi connectivity index (χ2v) is 27.9. The molecule has 2 saturated carbocycles. The minimum atomic E-state index is -2.71. The van der Waals surface area contributed by atoms with Gasteiger partial charge in [0, 0.05) is 23.7 Å². The molecule has 0 radical (unpaired) electrons. The summed E-state index contributed by atoms with van der Waals surface area (Å²) in [6.45, 7) is -2.17. The van der Waals surface area contributed by atoms with Gasteiger partial charge in [-0.25, -0.2) is 46.3 Å². The molecule has 504 valence electrons. The molecule has 0 aromatic carbocycles. The van der Waals surface area contributed by atoms with Crippen LogP contribution >= 0.6 is 61.3 Å². The number of aromatic nitrogens is 12. The summed E-state index contributed by atoms with van der Waals surface area (Å²) in [6.07, 6.45) is 8.26. The lowest BCUT2D eigenvalue weighted by atomic mass is 9.82. The molecular formula is C59H64BrF6N19O6S4. The molecule has 2 aliphatic carbocycles.